The lowest BCUT2D eigenvalue weighted by molar-refractivity contribution is 0.363. The van der Waals surface area contributed by atoms with Gasteiger partial charge in [0.2, 0.25) is 0 Å². The first kappa shape index (κ1) is 9.11. The van der Waals surface area contributed by atoms with Crippen LogP contribution in [0.15, 0.2) is 47.1 Å². The number of hydrogen-bond donors (Lipinski definition) is 0. The minimum Gasteiger partial charge on any atom is -0.489 e. The topological polar surface area (TPSA) is 9.23 Å². The molecular weight excluding hydrogens is 216 g/mol. The highest BCUT2D eigenvalue weighted by Crippen LogP contribution is 2.17. The van der Waals surface area contributed by atoms with Crippen molar-refractivity contribution in [2.75, 3.05) is 6.61 Å². The predicted octanol–water partition coefficient (Wildman–Crippen LogP) is 3.17. The average molecular weight is 225 g/mol. The summed E-state index contributed by atoms with van der Waals surface area (Å²) in [6.07, 6.45) is 1.74. The number of rotatable bonds is 3. The van der Waals surface area contributed by atoms with Gasteiger partial charge in [-0.1, -0.05) is 28.6 Å². The second kappa shape index (κ2) is 4.81. The number of halogens is 1. The van der Waals surface area contributed by atoms with Crippen LogP contribution >= 0.6 is 15.9 Å². The lowest BCUT2D eigenvalue weighted by Gasteiger charge is -2.01. The van der Waals surface area contributed by atoms with Gasteiger partial charge in [-0.3, -0.25) is 0 Å². The van der Waals surface area contributed by atoms with Gasteiger partial charge in [-0.15, -0.1) is 5.73 Å². The maximum Gasteiger partial charge on any atom is 0.120 e. The van der Waals surface area contributed by atoms with Gasteiger partial charge in [0.05, 0.1) is 0 Å². The van der Waals surface area contributed by atoms with Gasteiger partial charge in [-0.2, -0.15) is 0 Å². The van der Waals surface area contributed by atoms with E-state index in [9.17, 15) is 0 Å². The fourth-order valence-electron chi connectivity index (χ4n) is 0.754. The van der Waals surface area contributed by atoms with Crippen LogP contribution in [-0.4, -0.2) is 6.61 Å². The lowest BCUT2D eigenvalue weighted by atomic mass is 10.3. The number of hydrogen-bond acceptors (Lipinski definition) is 1. The third kappa shape index (κ3) is 2.95. The summed E-state index contributed by atoms with van der Waals surface area (Å²) in [6, 6.07) is 7.70. The molecule has 0 amide bonds. The maximum absolute atomic E-state index is 5.34. The Bertz CT molecular complexity index is 300. The molecule has 1 aromatic rings. The first-order valence-electron chi connectivity index (χ1n) is 3.55. The van der Waals surface area contributed by atoms with Crippen LogP contribution in [0.25, 0.3) is 0 Å². The molecule has 0 N–H and O–H groups in total. The van der Waals surface area contributed by atoms with E-state index in [0.29, 0.717) is 6.61 Å². The summed E-state index contributed by atoms with van der Waals surface area (Å²) in [4.78, 5) is 0. The molecule has 0 heterocycles. The standard InChI is InChI=1S/C10H9BrO/c1-2-3-7-12-10-6-4-5-9(11)8-10/h3-6,8H,1,7H2. The third-order valence-corrected chi connectivity index (χ3v) is 1.77. The highest BCUT2D eigenvalue weighted by Gasteiger charge is 1.91. The summed E-state index contributed by atoms with van der Waals surface area (Å²) in [5.41, 5.74) is 2.64. The van der Waals surface area contributed by atoms with Gasteiger partial charge < -0.3 is 4.74 Å². The van der Waals surface area contributed by atoms with Gasteiger partial charge in [0.25, 0.3) is 0 Å². The molecule has 0 spiro atoms. The summed E-state index contributed by atoms with van der Waals surface area (Å²) in [6.45, 7) is 3.95. The highest BCUT2D eigenvalue weighted by atomic mass is 79.9. The number of ether oxygens (including phenoxy) is 1. The van der Waals surface area contributed by atoms with Crippen LogP contribution in [0.4, 0.5) is 0 Å². The first-order valence-corrected chi connectivity index (χ1v) is 4.35. The van der Waals surface area contributed by atoms with Crippen LogP contribution in [-0.2, 0) is 0 Å². The molecule has 0 atom stereocenters. The van der Waals surface area contributed by atoms with E-state index >= 15 is 0 Å². The van der Waals surface area contributed by atoms with E-state index in [2.05, 4.69) is 28.2 Å². The molecule has 0 fully saturated rings. The zero-order valence-electron chi connectivity index (χ0n) is 6.59. The molecule has 0 aliphatic carbocycles. The minimum absolute atomic E-state index is 0.514. The molecular formula is C10H9BrO. The maximum atomic E-state index is 5.34. The fraction of sp³-hybridized carbons (Fsp3) is 0.100. The Labute approximate surface area is 80.5 Å². The molecule has 0 aliphatic heterocycles. The smallest absolute Gasteiger partial charge is 0.120 e. The molecule has 0 saturated carbocycles. The van der Waals surface area contributed by atoms with Gasteiger partial charge in [0.15, 0.2) is 0 Å². The minimum atomic E-state index is 0.514. The van der Waals surface area contributed by atoms with Crippen molar-refractivity contribution < 1.29 is 4.74 Å². The molecule has 0 aromatic heterocycles. The van der Waals surface area contributed by atoms with Crippen LogP contribution in [0.1, 0.15) is 0 Å². The zero-order chi connectivity index (χ0) is 8.81. The third-order valence-electron chi connectivity index (χ3n) is 1.27. The average Bonchev–Trinajstić information content (AvgIpc) is 2.05. The Kier molecular flexibility index (Phi) is 3.65. The van der Waals surface area contributed by atoms with Crippen molar-refractivity contribution in [3.63, 3.8) is 0 Å². The summed E-state index contributed by atoms with van der Waals surface area (Å²) in [5, 5.41) is 0. The molecule has 0 unspecified atom stereocenters. The van der Waals surface area contributed by atoms with E-state index < -0.39 is 0 Å². The van der Waals surface area contributed by atoms with Crippen molar-refractivity contribution in [3.8, 4) is 5.75 Å². The van der Waals surface area contributed by atoms with Crippen molar-refractivity contribution in [2.45, 2.75) is 0 Å². The molecule has 62 valence electrons. The van der Waals surface area contributed by atoms with Crippen molar-refractivity contribution in [1.29, 1.82) is 0 Å². The van der Waals surface area contributed by atoms with Crippen LogP contribution in [0.5, 0.6) is 5.75 Å². The summed E-state index contributed by atoms with van der Waals surface area (Å²) < 4.78 is 6.36. The zero-order valence-corrected chi connectivity index (χ0v) is 8.17. The quantitative estimate of drug-likeness (QED) is 0.718. The van der Waals surface area contributed by atoms with Gasteiger partial charge in [0, 0.05) is 4.47 Å². The van der Waals surface area contributed by atoms with E-state index in [-0.39, 0.29) is 0 Å². The highest BCUT2D eigenvalue weighted by molar-refractivity contribution is 9.10. The summed E-state index contributed by atoms with van der Waals surface area (Å²) in [7, 11) is 0. The second-order valence-electron chi connectivity index (χ2n) is 2.18. The molecule has 1 aromatic carbocycles. The molecule has 0 aliphatic rings. The van der Waals surface area contributed by atoms with Crippen molar-refractivity contribution in [1.82, 2.24) is 0 Å². The van der Waals surface area contributed by atoms with Gasteiger partial charge >= 0.3 is 0 Å². The van der Waals surface area contributed by atoms with Gasteiger partial charge in [0.1, 0.15) is 12.4 Å². The monoisotopic (exact) mass is 224 g/mol. The predicted molar refractivity (Wildman–Crippen MR) is 53.3 cm³/mol. The largest absolute Gasteiger partial charge is 0.489 e. The Balaban J connectivity index is 2.57. The fourth-order valence-corrected chi connectivity index (χ4v) is 1.13. The van der Waals surface area contributed by atoms with Crippen molar-refractivity contribution in [2.24, 2.45) is 0 Å². The molecule has 2 heteroatoms. The molecule has 1 nitrogen and oxygen atoms in total. The normalized spacial score (nSPS) is 8.75. The summed E-state index contributed by atoms with van der Waals surface area (Å²) >= 11 is 3.35. The van der Waals surface area contributed by atoms with E-state index in [1.54, 1.807) is 6.08 Å². The molecule has 12 heavy (non-hydrogen) atoms. The SMILES string of the molecule is C=C=CCOc1cccc(Br)c1. The lowest BCUT2D eigenvalue weighted by Crippen LogP contribution is -1.91. The van der Waals surface area contributed by atoms with E-state index in [0.717, 1.165) is 10.2 Å². The molecule has 0 saturated heterocycles. The van der Waals surface area contributed by atoms with E-state index in [1.165, 1.54) is 0 Å². The number of benzene rings is 1. The van der Waals surface area contributed by atoms with E-state index in [1.807, 2.05) is 24.3 Å². The Morgan fingerprint density at radius 3 is 3.08 bits per heavy atom. The summed E-state index contributed by atoms with van der Waals surface area (Å²) in [5.74, 6) is 0.843. The van der Waals surface area contributed by atoms with Crippen LogP contribution < -0.4 is 4.74 Å². The Hall–Kier alpha value is -0.980. The second-order valence-corrected chi connectivity index (χ2v) is 3.09. The van der Waals surface area contributed by atoms with Crippen LogP contribution in [0.3, 0.4) is 0 Å². The Morgan fingerprint density at radius 2 is 2.42 bits per heavy atom. The van der Waals surface area contributed by atoms with Gasteiger partial charge in [-0.05, 0) is 24.3 Å². The van der Waals surface area contributed by atoms with Crippen LogP contribution in [0.2, 0.25) is 0 Å². The van der Waals surface area contributed by atoms with Crippen molar-refractivity contribution >= 4 is 15.9 Å². The van der Waals surface area contributed by atoms with Gasteiger partial charge in [-0.25, -0.2) is 0 Å². The first-order chi connectivity index (χ1) is 5.83. The molecule has 0 radical (unpaired) electrons. The van der Waals surface area contributed by atoms with Crippen molar-refractivity contribution in [3.05, 3.63) is 47.1 Å². The Morgan fingerprint density at radius 1 is 1.58 bits per heavy atom. The van der Waals surface area contributed by atoms with Crippen LogP contribution in [0, 0.1) is 0 Å². The molecule has 1 rings (SSSR count). The molecule has 0 bridgehead atoms. The van der Waals surface area contributed by atoms with E-state index in [4.69, 9.17) is 4.74 Å².